The second kappa shape index (κ2) is 11.0. The minimum atomic E-state index is -0.655. The smallest absolute Gasteiger partial charge is 0.273 e. The van der Waals surface area contributed by atoms with E-state index in [2.05, 4.69) is 20.7 Å². The summed E-state index contributed by atoms with van der Waals surface area (Å²) in [6.45, 7) is 7.74. The van der Waals surface area contributed by atoms with Gasteiger partial charge in [0, 0.05) is 34.8 Å². The van der Waals surface area contributed by atoms with Crippen molar-refractivity contribution in [1.29, 1.82) is 0 Å². The Morgan fingerprint density at radius 1 is 1.07 bits per heavy atom. The molecule has 0 radical (unpaired) electrons. The summed E-state index contributed by atoms with van der Waals surface area (Å²) in [4.78, 5) is 43.6. The summed E-state index contributed by atoms with van der Waals surface area (Å²) < 4.78 is 6.73. The fourth-order valence-corrected chi connectivity index (χ4v) is 4.77. The van der Waals surface area contributed by atoms with Gasteiger partial charge < -0.3 is 20.5 Å². The lowest BCUT2D eigenvalue weighted by Gasteiger charge is -2.22. The van der Waals surface area contributed by atoms with Gasteiger partial charge in [-0.3, -0.25) is 24.1 Å². The lowest BCUT2D eigenvalue weighted by atomic mass is 9.97. The lowest BCUT2D eigenvalue weighted by Crippen LogP contribution is -2.29. The van der Waals surface area contributed by atoms with E-state index in [1.54, 1.807) is 65.3 Å². The van der Waals surface area contributed by atoms with Crippen LogP contribution in [0.15, 0.2) is 71.7 Å². The molecule has 1 aliphatic heterocycles. The van der Waals surface area contributed by atoms with Crippen molar-refractivity contribution in [2.75, 3.05) is 17.7 Å². The fourth-order valence-electron chi connectivity index (χ4n) is 4.77. The van der Waals surface area contributed by atoms with Crippen LogP contribution in [0.25, 0.3) is 0 Å². The van der Waals surface area contributed by atoms with E-state index in [0.29, 0.717) is 45.2 Å². The number of hydrogen-bond acceptors (Lipinski definition) is 7. The molecule has 0 spiro atoms. The maximum absolute atomic E-state index is 13.4. The number of nitrogens with one attached hydrogen (secondary N) is 2. The summed E-state index contributed by atoms with van der Waals surface area (Å²) >= 11 is 0. The highest BCUT2D eigenvalue weighted by atomic mass is 16.5. The Labute approximate surface area is 243 Å². The van der Waals surface area contributed by atoms with E-state index >= 15 is 0 Å². The van der Waals surface area contributed by atoms with Gasteiger partial charge in [-0.25, -0.2) is 0 Å². The van der Waals surface area contributed by atoms with Crippen LogP contribution in [0.5, 0.6) is 11.5 Å². The van der Waals surface area contributed by atoms with Gasteiger partial charge in [0.25, 0.3) is 5.91 Å². The normalized spacial score (nSPS) is 14.5. The van der Waals surface area contributed by atoms with Gasteiger partial charge in [-0.05, 0) is 69.7 Å². The predicted octanol–water partition coefficient (Wildman–Crippen LogP) is 5.58. The molecule has 42 heavy (non-hydrogen) atoms. The zero-order valence-corrected chi connectivity index (χ0v) is 23.9. The first-order chi connectivity index (χ1) is 19.9. The SMILES string of the molecule is COc1ccc(N=CC2C(=O)Nc3cc(C(=O)c4cccc(NC(=O)c5cc(C)nn5C(C)(C)C)c4)ccc32)cc1O. The van der Waals surface area contributed by atoms with Crippen LogP contribution in [-0.2, 0) is 10.3 Å². The highest BCUT2D eigenvalue weighted by Crippen LogP contribution is 2.34. The zero-order chi connectivity index (χ0) is 30.2. The highest BCUT2D eigenvalue weighted by molar-refractivity contribution is 6.15. The molecule has 1 unspecified atom stereocenters. The average Bonchev–Trinajstić information content (AvgIpc) is 3.50. The van der Waals surface area contributed by atoms with Crippen molar-refractivity contribution in [3.63, 3.8) is 0 Å². The standard InChI is InChI=1S/C32H31N5O5/c1-18-13-26(37(36-18)32(2,3)4)31(41)34-22-8-6-7-19(14-22)29(39)20-9-11-23-24(30(40)35-25(23)15-20)17-33-21-10-12-28(42-5)27(38)16-21/h6-17,24,38H,1-5H3,(H,34,41)(H,35,40). The molecule has 4 aromatic rings. The monoisotopic (exact) mass is 565 g/mol. The van der Waals surface area contributed by atoms with Gasteiger partial charge in [-0.2, -0.15) is 5.10 Å². The molecule has 214 valence electrons. The molecule has 10 heteroatoms. The van der Waals surface area contributed by atoms with Crippen molar-refractivity contribution in [3.05, 3.63) is 94.8 Å². The third kappa shape index (κ3) is 5.64. The first-order valence-electron chi connectivity index (χ1n) is 13.3. The van der Waals surface area contributed by atoms with Gasteiger partial charge in [0.1, 0.15) is 11.6 Å². The molecule has 0 aliphatic carbocycles. The summed E-state index contributed by atoms with van der Waals surface area (Å²) in [7, 11) is 1.46. The van der Waals surface area contributed by atoms with Gasteiger partial charge in [-0.1, -0.05) is 24.3 Å². The van der Waals surface area contributed by atoms with E-state index in [-0.39, 0.29) is 28.9 Å². The summed E-state index contributed by atoms with van der Waals surface area (Å²) in [5.41, 5.74) is 3.69. The number of aliphatic imine (C=N–C) groups is 1. The number of ketones is 1. The van der Waals surface area contributed by atoms with Crippen LogP contribution in [0.4, 0.5) is 17.1 Å². The van der Waals surface area contributed by atoms with Crippen molar-refractivity contribution in [1.82, 2.24) is 9.78 Å². The number of hydrogen-bond donors (Lipinski definition) is 3. The van der Waals surface area contributed by atoms with Crippen molar-refractivity contribution in [3.8, 4) is 11.5 Å². The Hall–Kier alpha value is -5.25. The van der Waals surface area contributed by atoms with E-state index in [1.165, 1.54) is 19.4 Å². The summed E-state index contributed by atoms with van der Waals surface area (Å²) in [5, 5.41) is 20.1. The predicted molar refractivity (Wildman–Crippen MR) is 160 cm³/mol. The first-order valence-corrected chi connectivity index (χ1v) is 13.3. The van der Waals surface area contributed by atoms with Crippen molar-refractivity contribution in [2.45, 2.75) is 39.2 Å². The van der Waals surface area contributed by atoms with Crippen LogP contribution in [0.2, 0.25) is 0 Å². The molecule has 10 nitrogen and oxygen atoms in total. The molecular weight excluding hydrogens is 534 g/mol. The number of amides is 2. The largest absolute Gasteiger partial charge is 0.504 e. The molecule has 1 aliphatic rings. The third-order valence-corrected chi connectivity index (χ3v) is 6.81. The number of aromatic hydroxyl groups is 1. The van der Waals surface area contributed by atoms with E-state index in [9.17, 15) is 19.5 Å². The minimum Gasteiger partial charge on any atom is -0.504 e. The molecule has 0 fully saturated rings. The van der Waals surface area contributed by atoms with Gasteiger partial charge >= 0.3 is 0 Å². The number of methoxy groups -OCH3 is 1. The number of rotatable bonds is 7. The van der Waals surface area contributed by atoms with Crippen LogP contribution in [-0.4, -0.2) is 45.8 Å². The molecule has 1 aromatic heterocycles. The second-order valence-electron chi connectivity index (χ2n) is 11.0. The van der Waals surface area contributed by atoms with Crippen LogP contribution in [0.1, 0.15) is 64.4 Å². The molecule has 1 atom stereocenters. The maximum atomic E-state index is 13.4. The number of nitrogens with zero attached hydrogens (tertiary/aromatic N) is 3. The molecule has 3 aromatic carbocycles. The molecule has 0 saturated carbocycles. The molecular formula is C32H31N5O5. The highest BCUT2D eigenvalue weighted by Gasteiger charge is 2.30. The summed E-state index contributed by atoms with van der Waals surface area (Å²) in [5.74, 6) is -1.24. The van der Waals surface area contributed by atoms with Crippen LogP contribution in [0.3, 0.4) is 0 Å². The lowest BCUT2D eigenvalue weighted by molar-refractivity contribution is -0.115. The number of phenols is 1. The molecule has 2 heterocycles. The fraction of sp³-hybridized carbons (Fsp3) is 0.219. The number of carbonyl (C=O) groups excluding carboxylic acids is 3. The van der Waals surface area contributed by atoms with Crippen molar-refractivity contribution >= 4 is 40.9 Å². The quantitative estimate of drug-likeness (QED) is 0.198. The zero-order valence-electron chi connectivity index (χ0n) is 23.9. The molecule has 3 N–H and O–H groups in total. The number of benzene rings is 3. The minimum absolute atomic E-state index is 0.0539. The van der Waals surface area contributed by atoms with Crippen LogP contribution < -0.4 is 15.4 Å². The number of carbonyl (C=O) groups is 3. The number of aryl methyl sites for hydroxylation is 1. The summed E-state index contributed by atoms with van der Waals surface area (Å²) in [6.07, 6.45) is 1.50. The van der Waals surface area contributed by atoms with Gasteiger partial charge in [-0.15, -0.1) is 0 Å². The first kappa shape index (κ1) is 28.3. The average molecular weight is 566 g/mol. The number of anilines is 2. The van der Waals surface area contributed by atoms with E-state index in [0.717, 1.165) is 5.69 Å². The Morgan fingerprint density at radius 3 is 2.55 bits per heavy atom. The topological polar surface area (TPSA) is 135 Å². The number of phenolic OH excluding ortho intramolecular Hbond substituents is 1. The Bertz CT molecular complexity index is 1750. The van der Waals surface area contributed by atoms with Crippen molar-refractivity contribution < 1.29 is 24.2 Å². The molecule has 5 rings (SSSR count). The van der Waals surface area contributed by atoms with Crippen LogP contribution in [0, 0.1) is 6.92 Å². The maximum Gasteiger partial charge on any atom is 0.273 e. The number of aromatic nitrogens is 2. The van der Waals surface area contributed by atoms with Gasteiger partial charge in [0.15, 0.2) is 17.3 Å². The summed E-state index contributed by atoms with van der Waals surface area (Å²) in [6, 6.07) is 18.2. The van der Waals surface area contributed by atoms with E-state index in [4.69, 9.17) is 4.74 Å². The van der Waals surface area contributed by atoms with E-state index in [1.807, 2.05) is 27.7 Å². The molecule has 0 saturated heterocycles. The third-order valence-electron chi connectivity index (χ3n) is 6.81. The number of ether oxygens (including phenoxy) is 1. The van der Waals surface area contributed by atoms with Crippen molar-refractivity contribution in [2.24, 2.45) is 4.99 Å². The Kier molecular flexibility index (Phi) is 7.38. The second-order valence-corrected chi connectivity index (χ2v) is 11.0. The van der Waals surface area contributed by atoms with E-state index < -0.39 is 5.92 Å². The number of fused-ring (bicyclic) bond motifs is 1. The van der Waals surface area contributed by atoms with Gasteiger partial charge in [0.2, 0.25) is 5.91 Å². The Balaban J connectivity index is 1.33. The Morgan fingerprint density at radius 2 is 1.83 bits per heavy atom. The molecule has 0 bridgehead atoms. The van der Waals surface area contributed by atoms with Gasteiger partial charge in [0.05, 0.1) is 24.0 Å². The molecule has 2 amide bonds. The van der Waals surface area contributed by atoms with Crippen LogP contribution >= 0.6 is 0 Å².